The van der Waals surface area contributed by atoms with E-state index in [-0.39, 0.29) is 36.6 Å². The highest BCUT2D eigenvalue weighted by atomic mass is 32.2. The Balaban J connectivity index is 1.87. The number of hydrogen-bond acceptors (Lipinski definition) is 6. The minimum absolute atomic E-state index is 0.0380. The number of rotatable bonds is 8. The first-order chi connectivity index (χ1) is 14.3. The summed E-state index contributed by atoms with van der Waals surface area (Å²) < 4.78 is 39.7. The van der Waals surface area contributed by atoms with E-state index >= 15 is 0 Å². The number of amides is 1. The average Bonchev–Trinajstić information content (AvgIpc) is 3.14. The van der Waals surface area contributed by atoms with Crippen LogP contribution in [0.2, 0.25) is 0 Å². The first-order valence-electron chi connectivity index (χ1n) is 8.95. The van der Waals surface area contributed by atoms with Crippen LogP contribution in [0.25, 0.3) is 11.0 Å². The van der Waals surface area contributed by atoms with E-state index in [1.54, 1.807) is 36.4 Å². The molecule has 1 heterocycles. The highest BCUT2D eigenvalue weighted by Crippen LogP contribution is 2.32. The molecule has 5 N–H and O–H groups in total. The van der Waals surface area contributed by atoms with E-state index in [1.807, 2.05) is 0 Å². The fraction of sp³-hybridized carbons (Fsp3) is 0.263. The van der Waals surface area contributed by atoms with Crippen molar-refractivity contribution in [2.45, 2.75) is 24.6 Å². The van der Waals surface area contributed by atoms with E-state index < -0.39 is 11.6 Å². The molecule has 0 bridgehead atoms. The molecule has 0 fully saturated rings. The molecule has 0 saturated carbocycles. The molecule has 2 aromatic carbocycles. The topological polar surface area (TPSA) is 102 Å². The van der Waals surface area contributed by atoms with Gasteiger partial charge in [0.15, 0.2) is 0 Å². The van der Waals surface area contributed by atoms with Crippen LogP contribution in [0.3, 0.4) is 0 Å². The molecule has 160 valence electrons. The summed E-state index contributed by atoms with van der Waals surface area (Å²) in [6.45, 7) is -0.173. The van der Waals surface area contributed by atoms with Crippen LogP contribution in [0, 0.1) is 0 Å². The number of aliphatic hydroxyl groups is 1. The molecule has 0 aliphatic rings. The number of aromatic nitrogens is 2. The largest absolute Gasteiger partial charge is 0.461 e. The first kappa shape index (κ1) is 21.8. The van der Waals surface area contributed by atoms with Gasteiger partial charge in [0.05, 0.1) is 42.1 Å². The van der Waals surface area contributed by atoms with Crippen LogP contribution in [0.1, 0.15) is 23.6 Å². The predicted octanol–water partition coefficient (Wildman–Crippen LogP) is 3.92. The quantitative estimate of drug-likeness (QED) is 0.341. The standard InChI is InChI=1S/C19H20F3N5O2S/c1-23-16(29)9-15(11-4-2-6-13(8-11)27-30-19(20,21)22)25-18-24-14-7-3-5-12(10-28)17(14)26-18/h2-8,15,27-28H,9-10H2,1H3,(H,23,29)(H2,24,25,26). The van der Waals surface area contributed by atoms with Crippen LogP contribution in [-0.2, 0) is 11.4 Å². The third-order valence-corrected chi connectivity index (χ3v) is 4.89. The molecule has 7 nitrogen and oxygen atoms in total. The number of carbonyl (C=O) groups is 1. The molecule has 1 amide bonds. The van der Waals surface area contributed by atoms with Crippen molar-refractivity contribution in [1.29, 1.82) is 0 Å². The molecule has 0 radical (unpaired) electrons. The number of nitrogens with one attached hydrogen (secondary N) is 4. The van der Waals surface area contributed by atoms with Crippen molar-refractivity contribution in [1.82, 2.24) is 15.3 Å². The van der Waals surface area contributed by atoms with Gasteiger partial charge in [0, 0.05) is 18.3 Å². The number of imidazole rings is 1. The summed E-state index contributed by atoms with van der Waals surface area (Å²) in [5.41, 5.74) is -1.61. The van der Waals surface area contributed by atoms with Gasteiger partial charge in [0.1, 0.15) is 0 Å². The van der Waals surface area contributed by atoms with Crippen molar-refractivity contribution >= 4 is 40.5 Å². The van der Waals surface area contributed by atoms with Gasteiger partial charge in [-0.25, -0.2) is 4.98 Å². The Bertz CT molecular complexity index is 1020. The predicted molar refractivity (Wildman–Crippen MR) is 111 cm³/mol. The molecule has 30 heavy (non-hydrogen) atoms. The molecule has 0 aliphatic heterocycles. The maximum Gasteiger partial charge on any atom is 0.461 e. The molecule has 3 aromatic rings. The van der Waals surface area contributed by atoms with Gasteiger partial charge in [0.25, 0.3) is 0 Å². The number of carbonyl (C=O) groups excluding carboxylic acids is 1. The average molecular weight is 439 g/mol. The number of aromatic amines is 1. The van der Waals surface area contributed by atoms with Gasteiger partial charge in [-0.2, -0.15) is 13.2 Å². The summed E-state index contributed by atoms with van der Waals surface area (Å²) in [6, 6.07) is 11.2. The lowest BCUT2D eigenvalue weighted by atomic mass is 10.0. The number of nitrogens with zero attached hydrogens (tertiary/aromatic N) is 1. The Hall–Kier alpha value is -2.92. The van der Waals surface area contributed by atoms with Gasteiger partial charge in [-0.3, -0.25) is 4.79 Å². The van der Waals surface area contributed by atoms with E-state index in [0.717, 1.165) is 0 Å². The second kappa shape index (κ2) is 9.26. The van der Waals surface area contributed by atoms with Crippen LogP contribution in [-0.4, -0.2) is 33.5 Å². The highest BCUT2D eigenvalue weighted by molar-refractivity contribution is 8.01. The number of para-hydroxylation sites is 1. The lowest BCUT2D eigenvalue weighted by Crippen LogP contribution is -2.24. The zero-order valence-electron chi connectivity index (χ0n) is 15.9. The van der Waals surface area contributed by atoms with Crippen molar-refractivity contribution in [3.63, 3.8) is 0 Å². The molecular weight excluding hydrogens is 419 g/mol. The van der Waals surface area contributed by atoms with Gasteiger partial charge in [0.2, 0.25) is 11.9 Å². The van der Waals surface area contributed by atoms with Crippen molar-refractivity contribution in [2.75, 3.05) is 17.1 Å². The fourth-order valence-corrected chi connectivity index (χ4v) is 3.29. The lowest BCUT2D eigenvalue weighted by molar-refractivity contribution is -0.120. The summed E-state index contributed by atoms with van der Waals surface area (Å²) in [5.74, 6) is 0.130. The third kappa shape index (κ3) is 5.57. The maximum absolute atomic E-state index is 12.5. The van der Waals surface area contributed by atoms with Crippen LogP contribution in [0.15, 0.2) is 42.5 Å². The van der Waals surface area contributed by atoms with Gasteiger partial charge in [-0.05, 0) is 23.8 Å². The van der Waals surface area contributed by atoms with Crippen molar-refractivity contribution in [3.8, 4) is 0 Å². The van der Waals surface area contributed by atoms with Gasteiger partial charge in [-0.1, -0.05) is 24.3 Å². The number of anilines is 2. The van der Waals surface area contributed by atoms with Crippen molar-refractivity contribution < 1.29 is 23.1 Å². The smallest absolute Gasteiger partial charge is 0.392 e. The third-order valence-electron chi connectivity index (χ3n) is 4.32. The minimum Gasteiger partial charge on any atom is -0.392 e. The summed E-state index contributed by atoms with van der Waals surface area (Å²) in [5, 5.41) is 15.2. The zero-order chi connectivity index (χ0) is 21.7. The number of fused-ring (bicyclic) bond motifs is 1. The fourth-order valence-electron chi connectivity index (χ4n) is 2.93. The number of H-pyrrole nitrogens is 1. The normalized spacial score (nSPS) is 12.6. The minimum atomic E-state index is -4.42. The van der Waals surface area contributed by atoms with Gasteiger partial charge >= 0.3 is 5.51 Å². The van der Waals surface area contributed by atoms with E-state index in [1.165, 1.54) is 13.1 Å². The van der Waals surface area contributed by atoms with E-state index in [2.05, 4.69) is 25.3 Å². The number of hydrogen-bond donors (Lipinski definition) is 5. The van der Waals surface area contributed by atoms with Crippen molar-refractivity contribution in [3.05, 3.63) is 53.6 Å². The summed E-state index contributed by atoms with van der Waals surface area (Å²) in [7, 11) is 1.51. The molecule has 0 saturated heterocycles. The SMILES string of the molecule is CNC(=O)CC(Nc1nc2c(CO)cccc2[nH]1)c1cccc(NSC(F)(F)F)c1. The monoisotopic (exact) mass is 439 g/mol. The Kier molecular flexibility index (Phi) is 6.73. The number of alkyl halides is 3. The second-order valence-electron chi connectivity index (χ2n) is 6.41. The van der Waals surface area contributed by atoms with Crippen LogP contribution < -0.4 is 15.4 Å². The second-order valence-corrected chi connectivity index (χ2v) is 7.28. The van der Waals surface area contributed by atoms with E-state index in [0.29, 0.717) is 28.1 Å². The molecule has 1 unspecified atom stereocenters. The summed E-state index contributed by atoms with van der Waals surface area (Å²) >= 11 is -0.355. The van der Waals surface area contributed by atoms with Crippen LogP contribution >= 0.6 is 11.9 Å². The molecular formula is C19H20F3N5O2S. The summed E-state index contributed by atoms with van der Waals surface area (Å²) in [4.78, 5) is 19.6. The van der Waals surface area contributed by atoms with Crippen LogP contribution in [0.4, 0.5) is 24.8 Å². The number of benzene rings is 2. The Morgan fingerprint density at radius 2 is 2.03 bits per heavy atom. The summed E-state index contributed by atoms with van der Waals surface area (Å²) in [6.07, 6.45) is 0.0380. The van der Waals surface area contributed by atoms with Gasteiger partial charge in [-0.15, -0.1) is 0 Å². The zero-order valence-corrected chi connectivity index (χ0v) is 16.7. The number of halogens is 3. The first-order valence-corrected chi connectivity index (χ1v) is 9.77. The molecule has 11 heteroatoms. The number of aliphatic hydroxyl groups excluding tert-OH is 1. The molecule has 1 aromatic heterocycles. The van der Waals surface area contributed by atoms with Gasteiger partial charge < -0.3 is 25.4 Å². The lowest BCUT2D eigenvalue weighted by Gasteiger charge is -2.19. The van der Waals surface area contributed by atoms with E-state index in [9.17, 15) is 23.1 Å². The molecule has 3 rings (SSSR count). The molecule has 1 atom stereocenters. The van der Waals surface area contributed by atoms with Crippen LogP contribution in [0.5, 0.6) is 0 Å². The highest BCUT2D eigenvalue weighted by Gasteiger charge is 2.29. The Labute approximate surface area is 174 Å². The molecule has 0 aliphatic carbocycles. The Morgan fingerprint density at radius 1 is 1.27 bits per heavy atom. The Morgan fingerprint density at radius 3 is 2.73 bits per heavy atom. The maximum atomic E-state index is 12.5. The van der Waals surface area contributed by atoms with Crippen molar-refractivity contribution in [2.24, 2.45) is 0 Å². The van der Waals surface area contributed by atoms with E-state index in [4.69, 9.17) is 0 Å². The molecule has 0 spiro atoms.